The normalized spacial score (nSPS) is 10.8. The van der Waals surface area contributed by atoms with Gasteiger partial charge in [0.15, 0.2) is 5.58 Å². The number of nitrogens with zero attached hydrogens (tertiary/aromatic N) is 3. The van der Waals surface area contributed by atoms with Gasteiger partial charge in [-0.1, -0.05) is 0 Å². The van der Waals surface area contributed by atoms with Gasteiger partial charge in [-0.25, -0.2) is 4.98 Å². The van der Waals surface area contributed by atoms with Crippen LogP contribution in [-0.4, -0.2) is 22.1 Å². The molecule has 0 aliphatic rings. The highest BCUT2D eigenvalue weighted by Gasteiger charge is 2.10. The molecule has 3 aromatic heterocycles. The number of aromatic nitrogens is 3. The Hall–Kier alpha value is -3.41. The summed E-state index contributed by atoms with van der Waals surface area (Å²) in [5.41, 5.74) is 4.05. The number of fused-ring (bicyclic) bond motifs is 1. The van der Waals surface area contributed by atoms with Gasteiger partial charge < -0.3 is 13.9 Å². The van der Waals surface area contributed by atoms with E-state index in [9.17, 15) is 0 Å². The highest BCUT2D eigenvalue weighted by molar-refractivity contribution is 5.77. The monoisotopic (exact) mass is 347 g/mol. The molecule has 0 N–H and O–H groups in total. The summed E-state index contributed by atoms with van der Waals surface area (Å²) >= 11 is 0. The minimum atomic E-state index is 0.363. The zero-order valence-corrected chi connectivity index (χ0v) is 14.5. The van der Waals surface area contributed by atoms with Crippen LogP contribution in [0.4, 0.5) is 0 Å². The second-order valence-corrected chi connectivity index (χ2v) is 5.81. The van der Waals surface area contributed by atoms with E-state index in [1.165, 1.54) is 0 Å². The van der Waals surface area contributed by atoms with Gasteiger partial charge in [-0.05, 0) is 43.3 Å². The topological polar surface area (TPSA) is 70.3 Å². The molecule has 0 radical (unpaired) electrons. The molecule has 0 unspecified atom stereocenters. The third-order valence-electron chi connectivity index (χ3n) is 3.94. The summed E-state index contributed by atoms with van der Waals surface area (Å²) in [6, 6.07) is 13.2. The predicted molar refractivity (Wildman–Crippen MR) is 97.1 cm³/mol. The van der Waals surface area contributed by atoms with Gasteiger partial charge in [0.25, 0.3) is 0 Å². The van der Waals surface area contributed by atoms with Crippen LogP contribution in [0.2, 0.25) is 0 Å². The van der Waals surface area contributed by atoms with E-state index in [2.05, 4.69) is 15.0 Å². The number of ether oxygens (including phenoxy) is 2. The van der Waals surface area contributed by atoms with Crippen LogP contribution in [0, 0.1) is 6.92 Å². The van der Waals surface area contributed by atoms with E-state index < -0.39 is 0 Å². The summed E-state index contributed by atoms with van der Waals surface area (Å²) in [5.74, 6) is 1.97. The minimum Gasteiger partial charge on any atom is -0.495 e. The van der Waals surface area contributed by atoms with Crippen molar-refractivity contribution in [3.05, 3.63) is 66.2 Å². The van der Waals surface area contributed by atoms with E-state index in [4.69, 9.17) is 13.9 Å². The number of oxazole rings is 1. The Labute approximate surface area is 150 Å². The van der Waals surface area contributed by atoms with Gasteiger partial charge in [-0.15, -0.1) is 0 Å². The van der Waals surface area contributed by atoms with Crippen molar-refractivity contribution in [2.24, 2.45) is 0 Å². The van der Waals surface area contributed by atoms with Crippen molar-refractivity contribution in [3.63, 3.8) is 0 Å². The molecule has 0 spiro atoms. The average molecular weight is 347 g/mol. The van der Waals surface area contributed by atoms with Gasteiger partial charge >= 0.3 is 0 Å². The molecular weight excluding hydrogens is 330 g/mol. The summed E-state index contributed by atoms with van der Waals surface area (Å²) in [6.45, 7) is 2.30. The second-order valence-electron chi connectivity index (χ2n) is 5.81. The molecule has 0 amide bonds. The van der Waals surface area contributed by atoms with Crippen LogP contribution < -0.4 is 9.47 Å². The van der Waals surface area contributed by atoms with Crippen LogP contribution in [0.25, 0.3) is 22.6 Å². The first-order chi connectivity index (χ1) is 12.7. The fraction of sp³-hybridized carbons (Fsp3) is 0.150. The zero-order chi connectivity index (χ0) is 17.9. The van der Waals surface area contributed by atoms with E-state index in [0.29, 0.717) is 23.8 Å². The Bertz CT molecular complexity index is 1020. The molecule has 26 heavy (non-hydrogen) atoms. The Balaban J connectivity index is 1.52. The van der Waals surface area contributed by atoms with Crippen LogP contribution in [-0.2, 0) is 6.61 Å². The maximum absolute atomic E-state index is 5.81. The van der Waals surface area contributed by atoms with Gasteiger partial charge in [0.1, 0.15) is 23.6 Å². The number of pyridine rings is 2. The summed E-state index contributed by atoms with van der Waals surface area (Å²) in [7, 11) is 1.61. The van der Waals surface area contributed by atoms with Crippen molar-refractivity contribution >= 4 is 11.1 Å². The van der Waals surface area contributed by atoms with E-state index in [0.717, 1.165) is 28.2 Å². The van der Waals surface area contributed by atoms with Crippen LogP contribution in [0.1, 0.15) is 11.4 Å². The van der Waals surface area contributed by atoms with Crippen LogP contribution in [0.3, 0.4) is 0 Å². The van der Waals surface area contributed by atoms with Crippen molar-refractivity contribution in [2.75, 3.05) is 7.11 Å². The van der Waals surface area contributed by atoms with E-state index in [1.54, 1.807) is 19.5 Å². The number of hydrogen-bond donors (Lipinski definition) is 0. The summed E-state index contributed by atoms with van der Waals surface area (Å²) < 4.78 is 16.7. The fourth-order valence-corrected chi connectivity index (χ4v) is 2.49. The maximum Gasteiger partial charge on any atom is 0.228 e. The lowest BCUT2D eigenvalue weighted by atomic mass is 10.2. The van der Waals surface area contributed by atoms with Crippen molar-refractivity contribution in [2.45, 2.75) is 13.5 Å². The Kier molecular flexibility index (Phi) is 4.23. The fourth-order valence-electron chi connectivity index (χ4n) is 2.49. The lowest BCUT2D eigenvalue weighted by Gasteiger charge is -2.06. The number of methoxy groups -OCH3 is 1. The number of rotatable bonds is 5. The Morgan fingerprint density at radius 3 is 2.58 bits per heavy atom. The van der Waals surface area contributed by atoms with Gasteiger partial charge in [-0.2, -0.15) is 0 Å². The molecule has 0 saturated heterocycles. The second kappa shape index (κ2) is 6.84. The number of aryl methyl sites for hydroxylation is 1. The van der Waals surface area contributed by atoms with Gasteiger partial charge in [-0.3, -0.25) is 9.97 Å². The summed E-state index contributed by atoms with van der Waals surface area (Å²) in [4.78, 5) is 13.1. The first kappa shape index (κ1) is 16.1. The van der Waals surface area contributed by atoms with Crippen LogP contribution in [0.15, 0.2) is 59.3 Å². The quantitative estimate of drug-likeness (QED) is 0.539. The highest BCUT2D eigenvalue weighted by Crippen LogP contribution is 2.27. The summed E-state index contributed by atoms with van der Waals surface area (Å²) in [5, 5.41) is 0. The molecule has 4 aromatic rings. The molecule has 0 aliphatic heterocycles. The molecule has 0 saturated carbocycles. The molecule has 0 bridgehead atoms. The molecule has 0 aliphatic carbocycles. The molecule has 130 valence electrons. The number of benzene rings is 1. The standard InChI is InChI=1S/C20H17N3O3/c1-13-3-4-14(10-21-13)20-23-18-9-16(7-8-19(18)26-20)25-12-15-5-6-17(24-2)11-22-15/h3-11H,12H2,1-2H3. The number of hydrogen-bond acceptors (Lipinski definition) is 6. The average Bonchev–Trinajstić information content (AvgIpc) is 3.10. The van der Waals surface area contributed by atoms with Crippen molar-refractivity contribution in [3.8, 4) is 23.0 Å². The first-order valence-electron chi connectivity index (χ1n) is 8.16. The largest absolute Gasteiger partial charge is 0.495 e. The molecule has 6 heteroatoms. The van der Waals surface area contributed by atoms with Gasteiger partial charge in [0, 0.05) is 18.0 Å². The predicted octanol–water partition coefficient (Wildman–Crippen LogP) is 4.18. The SMILES string of the molecule is COc1ccc(COc2ccc3oc(-c4ccc(C)nc4)nc3c2)nc1. The van der Waals surface area contributed by atoms with E-state index in [1.807, 2.05) is 49.4 Å². The molecule has 4 rings (SSSR count). The van der Waals surface area contributed by atoms with Gasteiger partial charge in [0.05, 0.1) is 24.6 Å². The van der Waals surface area contributed by atoms with Crippen molar-refractivity contribution < 1.29 is 13.9 Å². The lowest BCUT2D eigenvalue weighted by molar-refractivity contribution is 0.301. The molecule has 0 atom stereocenters. The zero-order valence-electron chi connectivity index (χ0n) is 14.5. The molecule has 1 aromatic carbocycles. The summed E-state index contributed by atoms with van der Waals surface area (Å²) in [6.07, 6.45) is 3.42. The Morgan fingerprint density at radius 1 is 0.962 bits per heavy atom. The van der Waals surface area contributed by atoms with Gasteiger partial charge in [0.2, 0.25) is 5.89 Å². The van der Waals surface area contributed by atoms with E-state index in [-0.39, 0.29) is 0 Å². The first-order valence-corrected chi connectivity index (χ1v) is 8.16. The molecule has 0 fully saturated rings. The third-order valence-corrected chi connectivity index (χ3v) is 3.94. The van der Waals surface area contributed by atoms with Crippen LogP contribution in [0.5, 0.6) is 11.5 Å². The third kappa shape index (κ3) is 3.35. The highest BCUT2D eigenvalue weighted by atomic mass is 16.5. The maximum atomic E-state index is 5.81. The van der Waals surface area contributed by atoms with E-state index >= 15 is 0 Å². The Morgan fingerprint density at radius 2 is 1.85 bits per heavy atom. The van der Waals surface area contributed by atoms with Crippen LogP contribution >= 0.6 is 0 Å². The molecule has 6 nitrogen and oxygen atoms in total. The molecule has 3 heterocycles. The van der Waals surface area contributed by atoms with Crippen molar-refractivity contribution in [1.82, 2.24) is 15.0 Å². The molecular formula is C20H17N3O3. The minimum absolute atomic E-state index is 0.363. The lowest BCUT2D eigenvalue weighted by Crippen LogP contribution is -1.98. The smallest absolute Gasteiger partial charge is 0.228 e. The van der Waals surface area contributed by atoms with Crippen molar-refractivity contribution in [1.29, 1.82) is 0 Å².